The molecule has 0 bridgehead atoms. The van der Waals surface area contributed by atoms with Crippen molar-refractivity contribution in [1.29, 1.82) is 0 Å². The number of benzene rings is 1. The lowest BCUT2D eigenvalue weighted by atomic mass is 9.45. The van der Waals surface area contributed by atoms with Crippen LogP contribution in [0, 0.1) is 34.5 Å². The molecule has 0 amide bonds. The van der Waals surface area contributed by atoms with Gasteiger partial charge in [0.2, 0.25) is 0 Å². The molecule has 4 fully saturated rings. The van der Waals surface area contributed by atoms with Gasteiger partial charge in [-0.15, -0.1) is 0 Å². The zero-order valence-electron chi connectivity index (χ0n) is 18.1. The van der Waals surface area contributed by atoms with E-state index in [1.54, 1.807) is 0 Å². The summed E-state index contributed by atoms with van der Waals surface area (Å²) in [6.07, 6.45) is 10.4. The Morgan fingerprint density at radius 3 is 2.53 bits per heavy atom. The molecule has 0 aromatic heterocycles. The van der Waals surface area contributed by atoms with Gasteiger partial charge in [-0.05, 0) is 97.7 Å². The molecule has 1 aromatic carbocycles. The molecule has 0 heterocycles. The second-order valence-corrected chi connectivity index (χ2v) is 11.9. The SMILES string of the molecule is C[C@]12CC[C@@H](O)C[C@@H]1CC[C@@H]1[C@@H]2CC[C@]2(C)[C@@H](O)/C(=C/c3cccc(Cl)c3Cl)C[C@@H]12. The number of halogens is 2. The molecule has 0 aliphatic heterocycles. The fraction of sp³-hybridized carbons (Fsp3) is 0.692. The maximum atomic E-state index is 11.4. The van der Waals surface area contributed by atoms with Crippen LogP contribution in [0.2, 0.25) is 10.0 Å². The van der Waals surface area contributed by atoms with Crippen molar-refractivity contribution in [3.8, 4) is 0 Å². The number of fused-ring (bicyclic) bond motifs is 5. The van der Waals surface area contributed by atoms with Crippen molar-refractivity contribution in [1.82, 2.24) is 0 Å². The van der Waals surface area contributed by atoms with Crippen molar-refractivity contribution in [2.24, 2.45) is 34.5 Å². The molecule has 8 atom stereocenters. The first-order valence-corrected chi connectivity index (χ1v) is 12.5. The minimum absolute atomic E-state index is 0.0462. The summed E-state index contributed by atoms with van der Waals surface area (Å²) >= 11 is 12.7. The van der Waals surface area contributed by atoms with Crippen molar-refractivity contribution in [2.45, 2.75) is 77.4 Å². The third-order valence-corrected chi connectivity index (χ3v) is 10.7. The van der Waals surface area contributed by atoms with Gasteiger partial charge in [0.25, 0.3) is 0 Å². The Labute approximate surface area is 190 Å². The van der Waals surface area contributed by atoms with E-state index >= 15 is 0 Å². The summed E-state index contributed by atoms with van der Waals surface area (Å²) in [7, 11) is 0. The van der Waals surface area contributed by atoms with Crippen LogP contribution in [0.25, 0.3) is 6.08 Å². The predicted octanol–water partition coefficient (Wildman–Crippen LogP) is 6.75. The molecule has 2 N–H and O–H groups in total. The van der Waals surface area contributed by atoms with Gasteiger partial charge in [-0.1, -0.05) is 55.3 Å². The fourth-order valence-corrected chi connectivity index (χ4v) is 8.43. The summed E-state index contributed by atoms with van der Waals surface area (Å²) in [5.41, 5.74) is 2.35. The first-order chi connectivity index (χ1) is 14.2. The van der Waals surface area contributed by atoms with E-state index in [4.69, 9.17) is 23.2 Å². The van der Waals surface area contributed by atoms with Crippen LogP contribution in [0.5, 0.6) is 0 Å². The van der Waals surface area contributed by atoms with Crippen molar-refractivity contribution >= 4 is 29.3 Å². The van der Waals surface area contributed by atoms with E-state index in [1.165, 1.54) is 19.3 Å². The molecule has 4 aliphatic carbocycles. The Morgan fingerprint density at radius 2 is 1.73 bits per heavy atom. The molecule has 4 aliphatic rings. The van der Waals surface area contributed by atoms with Crippen molar-refractivity contribution < 1.29 is 10.2 Å². The summed E-state index contributed by atoms with van der Waals surface area (Å²) in [4.78, 5) is 0. The monoisotopic (exact) mass is 448 g/mol. The van der Waals surface area contributed by atoms with Gasteiger partial charge in [-0.3, -0.25) is 0 Å². The summed E-state index contributed by atoms with van der Waals surface area (Å²) < 4.78 is 0. The molecule has 0 spiro atoms. The Morgan fingerprint density at radius 1 is 0.967 bits per heavy atom. The van der Waals surface area contributed by atoms with Crippen LogP contribution >= 0.6 is 23.2 Å². The molecule has 30 heavy (non-hydrogen) atoms. The first-order valence-electron chi connectivity index (χ1n) is 11.7. The highest BCUT2D eigenvalue weighted by Crippen LogP contribution is 2.67. The van der Waals surface area contributed by atoms with E-state index in [0.29, 0.717) is 33.2 Å². The third kappa shape index (κ3) is 3.12. The zero-order valence-corrected chi connectivity index (χ0v) is 19.6. The first kappa shape index (κ1) is 21.3. The topological polar surface area (TPSA) is 40.5 Å². The van der Waals surface area contributed by atoms with Gasteiger partial charge in [0.05, 0.1) is 22.3 Å². The van der Waals surface area contributed by atoms with Gasteiger partial charge in [0, 0.05) is 5.41 Å². The van der Waals surface area contributed by atoms with Crippen LogP contribution < -0.4 is 0 Å². The molecule has 4 saturated carbocycles. The highest BCUT2D eigenvalue weighted by molar-refractivity contribution is 6.42. The zero-order chi connectivity index (χ0) is 21.3. The number of rotatable bonds is 1. The minimum atomic E-state index is -0.405. The van der Waals surface area contributed by atoms with Gasteiger partial charge in [0.15, 0.2) is 0 Å². The van der Waals surface area contributed by atoms with Crippen LogP contribution in [0.3, 0.4) is 0 Å². The molecule has 0 unspecified atom stereocenters. The van der Waals surface area contributed by atoms with Crippen molar-refractivity contribution in [3.63, 3.8) is 0 Å². The summed E-state index contributed by atoms with van der Waals surface area (Å²) in [6, 6.07) is 5.72. The van der Waals surface area contributed by atoms with E-state index in [-0.39, 0.29) is 11.5 Å². The highest BCUT2D eigenvalue weighted by Gasteiger charge is 2.61. The third-order valence-electron chi connectivity index (χ3n) is 9.83. The number of hydrogen-bond acceptors (Lipinski definition) is 2. The average Bonchev–Trinajstić information content (AvgIpc) is 2.97. The predicted molar refractivity (Wildman–Crippen MR) is 124 cm³/mol. The lowest BCUT2D eigenvalue weighted by molar-refractivity contribution is -0.133. The quantitative estimate of drug-likeness (QED) is 0.498. The molecule has 0 saturated heterocycles. The molecular weight excluding hydrogens is 415 g/mol. The van der Waals surface area contributed by atoms with E-state index in [1.807, 2.05) is 18.2 Å². The molecule has 4 heteroatoms. The lowest BCUT2D eigenvalue weighted by Gasteiger charge is -2.60. The molecule has 1 aromatic rings. The van der Waals surface area contributed by atoms with Gasteiger partial charge in [-0.2, -0.15) is 0 Å². The largest absolute Gasteiger partial charge is 0.393 e. The van der Waals surface area contributed by atoms with Gasteiger partial charge in [0.1, 0.15) is 0 Å². The summed E-state index contributed by atoms with van der Waals surface area (Å²) in [6.45, 7) is 4.83. The second-order valence-electron chi connectivity index (χ2n) is 11.1. The average molecular weight is 449 g/mol. The van der Waals surface area contributed by atoms with Crippen molar-refractivity contribution in [3.05, 3.63) is 39.4 Å². The van der Waals surface area contributed by atoms with E-state index in [0.717, 1.165) is 49.2 Å². The van der Waals surface area contributed by atoms with Crippen molar-refractivity contribution in [2.75, 3.05) is 0 Å². The van der Waals surface area contributed by atoms with Gasteiger partial charge in [-0.25, -0.2) is 0 Å². The lowest BCUT2D eigenvalue weighted by Crippen LogP contribution is -2.54. The summed E-state index contributed by atoms with van der Waals surface area (Å²) in [5, 5.41) is 22.8. The van der Waals surface area contributed by atoms with Crippen LogP contribution in [0.4, 0.5) is 0 Å². The van der Waals surface area contributed by atoms with Crippen LogP contribution in [-0.2, 0) is 0 Å². The van der Waals surface area contributed by atoms with Gasteiger partial charge >= 0.3 is 0 Å². The summed E-state index contributed by atoms with van der Waals surface area (Å²) in [5.74, 6) is 2.59. The maximum Gasteiger partial charge on any atom is 0.0809 e. The Balaban J connectivity index is 1.46. The molecule has 2 nitrogen and oxygen atoms in total. The number of aliphatic hydroxyl groups excluding tert-OH is 2. The number of hydrogen-bond donors (Lipinski definition) is 2. The highest BCUT2D eigenvalue weighted by atomic mass is 35.5. The van der Waals surface area contributed by atoms with E-state index < -0.39 is 6.10 Å². The molecule has 5 rings (SSSR count). The molecular formula is C26H34Cl2O2. The van der Waals surface area contributed by atoms with Crippen LogP contribution in [0.15, 0.2) is 23.8 Å². The van der Waals surface area contributed by atoms with E-state index in [2.05, 4.69) is 19.9 Å². The van der Waals surface area contributed by atoms with Gasteiger partial charge < -0.3 is 10.2 Å². The fourth-order valence-electron chi connectivity index (χ4n) is 8.07. The van der Waals surface area contributed by atoms with Crippen LogP contribution in [0.1, 0.15) is 70.8 Å². The molecule has 0 radical (unpaired) electrons. The normalized spacial score (nSPS) is 46.9. The number of aliphatic hydroxyl groups is 2. The smallest absolute Gasteiger partial charge is 0.0809 e. The Bertz CT molecular complexity index is 867. The Hall–Kier alpha value is -0.540. The standard InChI is InChI=1S/C26H34Cl2O2/c1-25-10-8-18(29)14-17(25)6-7-19-20(25)9-11-26(2)21(19)13-16(24(26)30)12-15-4-3-5-22(27)23(15)28/h3-5,12,17-21,24,29-30H,6-11,13-14H2,1-2H3/b16-12+/t17-,18+,19+,20-,21-,24-,25-,26-/m0/s1. The maximum absolute atomic E-state index is 11.4. The van der Waals surface area contributed by atoms with E-state index in [9.17, 15) is 10.2 Å². The minimum Gasteiger partial charge on any atom is -0.393 e. The second kappa shape index (κ2) is 7.51. The van der Waals surface area contributed by atoms with Crippen LogP contribution in [-0.4, -0.2) is 22.4 Å². The Kier molecular flexibility index (Phi) is 5.33. The molecule has 164 valence electrons.